The number of fused-ring (bicyclic) bond motifs is 2. The fourth-order valence-corrected chi connectivity index (χ4v) is 2.65. The number of rotatable bonds is 0. The second-order valence-electron chi connectivity index (χ2n) is 4.16. The van der Waals surface area contributed by atoms with Crippen LogP contribution in [0, 0.1) is 6.92 Å². The lowest BCUT2D eigenvalue weighted by molar-refractivity contribution is 0.0971. The number of hydrogen-bond donors (Lipinski definition) is 0. The first kappa shape index (κ1) is 12.3. The molecule has 1 aliphatic rings. The molecule has 4 nitrogen and oxygen atoms in total. The van der Waals surface area contributed by atoms with E-state index in [0.717, 1.165) is 0 Å². The average Bonchev–Trinajstić information content (AvgIpc) is 2.35. The van der Waals surface area contributed by atoms with Gasteiger partial charge in [0.1, 0.15) is 16.5 Å². The Morgan fingerprint density at radius 2 is 1.74 bits per heavy atom. The first-order valence-electron chi connectivity index (χ1n) is 5.41. The van der Waals surface area contributed by atoms with Crippen LogP contribution in [0.25, 0.3) is 0 Å². The van der Waals surface area contributed by atoms with Gasteiger partial charge in [-0.2, -0.15) is 0 Å². The monoisotopic (exact) mass is 292 g/mol. The maximum Gasteiger partial charge on any atom is 0.215 e. The molecule has 0 saturated heterocycles. The van der Waals surface area contributed by atoms with Gasteiger partial charge in [0.25, 0.3) is 0 Å². The third-order valence-electron chi connectivity index (χ3n) is 2.98. The van der Waals surface area contributed by atoms with E-state index in [1.165, 1.54) is 12.3 Å². The third-order valence-corrected chi connectivity index (χ3v) is 3.48. The molecule has 0 N–H and O–H groups in total. The Morgan fingerprint density at radius 1 is 1.05 bits per heavy atom. The third kappa shape index (κ3) is 1.68. The molecule has 3 rings (SSSR count). The number of nitrogens with zero attached hydrogens (tertiary/aromatic N) is 2. The molecule has 0 aliphatic heterocycles. The lowest BCUT2D eigenvalue weighted by Gasteiger charge is -2.18. The Morgan fingerprint density at radius 3 is 2.47 bits per heavy atom. The van der Waals surface area contributed by atoms with Crippen molar-refractivity contribution in [3.63, 3.8) is 0 Å². The van der Waals surface area contributed by atoms with Crippen molar-refractivity contribution < 1.29 is 9.59 Å². The predicted octanol–water partition coefficient (Wildman–Crippen LogP) is 2.87. The largest absolute Gasteiger partial charge is 0.287 e. The molecule has 0 saturated carbocycles. The van der Waals surface area contributed by atoms with Gasteiger partial charge < -0.3 is 0 Å². The van der Waals surface area contributed by atoms with Gasteiger partial charge in [-0.3, -0.25) is 14.6 Å². The minimum atomic E-state index is -0.400. The van der Waals surface area contributed by atoms with E-state index in [9.17, 15) is 9.59 Å². The number of halogens is 2. The first-order chi connectivity index (χ1) is 9.00. The van der Waals surface area contributed by atoms with Crippen molar-refractivity contribution in [1.82, 2.24) is 9.97 Å². The van der Waals surface area contributed by atoms with Gasteiger partial charge in [-0.1, -0.05) is 23.2 Å². The molecule has 2 aromatic heterocycles. The smallest absolute Gasteiger partial charge is 0.215 e. The molecular weight excluding hydrogens is 287 g/mol. The molecule has 0 spiro atoms. The fraction of sp³-hybridized carbons (Fsp3) is 0.0769. The summed E-state index contributed by atoms with van der Waals surface area (Å²) in [6.07, 6.45) is 1.49. The molecule has 19 heavy (non-hydrogen) atoms. The van der Waals surface area contributed by atoms with Crippen LogP contribution in [0.1, 0.15) is 37.7 Å². The van der Waals surface area contributed by atoms with E-state index in [4.69, 9.17) is 23.2 Å². The Kier molecular flexibility index (Phi) is 2.66. The molecule has 6 heteroatoms. The van der Waals surface area contributed by atoms with Gasteiger partial charge in [0, 0.05) is 6.20 Å². The van der Waals surface area contributed by atoms with Crippen LogP contribution in [0.15, 0.2) is 18.3 Å². The van der Waals surface area contributed by atoms with E-state index < -0.39 is 5.78 Å². The number of carbonyl (C=O) groups excluding carboxylic acids is 2. The molecule has 0 fully saturated rings. The van der Waals surface area contributed by atoms with Crippen LogP contribution >= 0.6 is 23.2 Å². The molecule has 0 atom stereocenters. The van der Waals surface area contributed by atoms with Crippen molar-refractivity contribution in [3.05, 3.63) is 56.6 Å². The number of aromatic nitrogens is 2. The van der Waals surface area contributed by atoms with E-state index in [1.807, 2.05) is 0 Å². The zero-order valence-corrected chi connectivity index (χ0v) is 11.2. The number of hydrogen-bond acceptors (Lipinski definition) is 4. The molecule has 0 radical (unpaired) electrons. The molecule has 0 bridgehead atoms. The summed E-state index contributed by atoms with van der Waals surface area (Å²) in [7, 11) is 0. The lowest BCUT2D eigenvalue weighted by atomic mass is 9.88. The highest BCUT2D eigenvalue weighted by molar-refractivity contribution is 6.40. The molecule has 0 amide bonds. The van der Waals surface area contributed by atoms with Gasteiger partial charge in [0.05, 0.1) is 16.1 Å². The number of pyridine rings is 2. The van der Waals surface area contributed by atoms with E-state index in [1.54, 1.807) is 13.0 Å². The second-order valence-corrected chi connectivity index (χ2v) is 4.95. The van der Waals surface area contributed by atoms with Gasteiger partial charge in [0.15, 0.2) is 0 Å². The maximum atomic E-state index is 12.4. The minimum Gasteiger partial charge on any atom is -0.287 e. The summed E-state index contributed by atoms with van der Waals surface area (Å²) in [6.45, 7) is 1.74. The van der Waals surface area contributed by atoms with E-state index in [-0.39, 0.29) is 38.5 Å². The summed E-state index contributed by atoms with van der Waals surface area (Å²) in [6, 6.07) is 3.01. The van der Waals surface area contributed by atoms with Crippen LogP contribution in [0.4, 0.5) is 0 Å². The van der Waals surface area contributed by atoms with Crippen LogP contribution in [0.2, 0.25) is 10.2 Å². The highest BCUT2D eigenvalue weighted by Crippen LogP contribution is 2.32. The Hall–Kier alpha value is -1.78. The Balaban J connectivity index is 2.40. The van der Waals surface area contributed by atoms with Gasteiger partial charge in [-0.15, -0.1) is 0 Å². The van der Waals surface area contributed by atoms with Crippen molar-refractivity contribution in [2.24, 2.45) is 0 Å². The molecule has 1 aliphatic carbocycles. The lowest BCUT2D eigenvalue weighted by Crippen LogP contribution is -2.25. The fourth-order valence-electron chi connectivity index (χ4n) is 2.12. The normalized spacial score (nSPS) is 13.2. The van der Waals surface area contributed by atoms with Gasteiger partial charge >= 0.3 is 0 Å². The van der Waals surface area contributed by atoms with Crippen LogP contribution < -0.4 is 0 Å². The predicted molar refractivity (Wildman–Crippen MR) is 70.1 cm³/mol. The van der Waals surface area contributed by atoms with Crippen LogP contribution in [-0.4, -0.2) is 21.5 Å². The average molecular weight is 293 g/mol. The summed E-state index contributed by atoms with van der Waals surface area (Å²) in [5, 5.41) is 0.192. The Labute approximate surface area is 118 Å². The van der Waals surface area contributed by atoms with E-state index in [0.29, 0.717) is 5.56 Å². The van der Waals surface area contributed by atoms with Crippen molar-refractivity contribution >= 4 is 34.8 Å². The summed E-state index contributed by atoms with van der Waals surface area (Å²) >= 11 is 11.8. The molecule has 2 aromatic rings. The number of carbonyl (C=O) groups is 2. The zero-order chi connectivity index (χ0) is 13.7. The topological polar surface area (TPSA) is 59.9 Å². The van der Waals surface area contributed by atoms with Crippen molar-refractivity contribution in [3.8, 4) is 0 Å². The van der Waals surface area contributed by atoms with Gasteiger partial charge in [-0.25, -0.2) is 4.98 Å². The molecule has 94 valence electrons. The minimum absolute atomic E-state index is 0.00824. The molecule has 0 aromatic carbocycles. The van der Waals surface area contributed by atoms with Crippen LogP contribution in [0.3, 0.4) is 0 Å². The van der Waals surface area contributed by atoms with Crippen LogP contribution in [-0.2, 0) is 0 Å². The van der Waals surface area contributed by atoms with Gasteiger partial charge in [-0.05, 0) is 24.6 Å². The quantitative estimate of drug-likeness (QED) is 0.598. The molecular formula is C13H6Cl2N2O2. The standard InChI is InChI=1S/C13H6Cl2N2O2/c1-5-2-3-16-10-8(5)12(18)11-9(13(10)19)6(14)4-7(15)17-11/h2-4H,1H3. The molecule has 2 heterocycles. The second kappa shape index (κ2) is 4.11. The Bertz CT molecular complexity index is 757. The van der Waals surface area contributed by atoms with Crippen molar-refractivity contribution in [2.75, 3.05) is 0 Å². The zero-order valence-electron chi connectivity index (χ0n) is 9.70. The van der Waals surface area contributed by atoms with E-state index >= 15 is 0 Å². The van der Waals surface area contributed by atoms with Gasteiger partial charge in [0.2, 0.25) is 11.6 Å². The summed E-state index contributed by atoms with van der Waals surface area (Å²) in [4.78, 5) is 32.7. The summed E-state index contributed by atoms with van der Waals surface area (Å²) in [5.74, 6) is -0.776. The van der Waals surface area contributed by atoms with Crippen molar-refractivity contribution in [1.29, 1.82) is 0 Å². The highest BCUT2D eigenvalue weighted by atomic mass is 35.5. The molecule has 0 unspecified atom stereocenters. The van der Waals surface area contributed by atoms with Crippen molar-refractivity contribution in [2.45, 2.75) is 6.92 Å². The summed E-state index contributed by atoms with van der Waals surface area (Å²) < 4.78 is 0. The SMILES string of the molecule is Cc1ccnc2c1C(=O)c1nc(Cl)cc(Cl)c1C2=O. The summed E-state index contributed by atoms with van der Waals surface area (Å²) in [5.41, 5.74) is 1.12. The van der Waals surface area contributed by atoms with E-state index in [2.05, 4.69) is 9.97 Å². The van der Waals surface area contributed by atoms with Crippen LogP contribution in [0.5, 0.6) is 0 Å². The maximum absolute atomic E-state index is 12.4. The number of ketones is 2. The number of aryl methyl sites for hydroxylation is 1. The first-order valence-corrected chi connectivity index (χ1v) is 6.17. The highest BCUT2D eigenvalue weighted by Gasteiger charge is 2.35.